The molecule has 0 bridgehead atoms. The molecule has 18 heavy (non-hydrogen) atoms. The van der Waals surface area contributed by atoms with Crippen LogP contribution in [0.25, 0.3) is 0 Å². The predicted octanol–water partition coefficient (Wildman–Crippen LogP) is 2.22. The lowest BCUT2D eigenvalue weighted by Crippen LogP contribution is -2.36. The molecule has 0 aromatic heterocycles. The lowest BCUT2D eigenvalue weighted by atomic mass is 10.1. The Morgan fingerprint density at radius 2 is 1.72 bits per heavy atom. The van der Waals surface area contributed by atoms with Crippen molar-refractivity contribution in [1.82, 2.24) is 5.32 Å². The summed E-state index contributed by atoms with van der Waals surface area (Å²) < 4.78 is 15.9. The van der Waals surface area contributed by atoms with Gasteiger partial charge in [0.15, 0.2) is 0 Å². The molecule has 0 heterocycles. The number of rotatable bonds is 11. The number of nitrogens with one attached hydrogen (secondary N) is 1. The molecule has 0 fully saturated rings. The Hall–Kier alpha value is -0.160. The van der Waals surface area contributed by atoms with Crippen molar-refractivity contribution in [3.63, 3.8) is 0 Å². The molecule has 0 aliphatic carbocycles. The highest BCUT2D eigenvalue weighted by molar-refractivity contribution is 4.69. The Morgan fingerprint density at radius 3 is 2.33 bits per heavy atom. The number of hydrogen-bond donors (Lipinski definition) is 1. The zero-order valence-corrected chi connectivity index (χ0v) is 12.8. The summed E-state index contributed by atoms with van der Waals surface area (Å²) in [4.78, 5) is 0. The van der Waals surface area contributed by atoms with Gasteiger partial charge in [0.25, 0.3) is 0 Å². The monoisotopic (exact) mass is 261 g/mol. The lowest BCUT2D eigenvalue weighted by molar-refractivity contribution is -0.00328. The zero-order chi connectivity index (χ0) is 13.9. The van der Waals surface area contributed by atoms with Crippen LogP contribution in [0.1, 0.15) is 40.5 Å². The fraction of sp³-hybridized carbons (Fsp3) is 1.00. The summed E-state index contributed by atoms with van der Waals surface area (Å²) in [7, 11) is 1.67. The van der Waals surface area contributed by atoms with Gasteiger partial charge in [-0.2, -0.15) is 0 Å². The molecule has 0 radical (unpaired) electrons. The van der Waals surface area contributed by atoms with Gasteiger partial charge in [-0.05, 0) is 47.1 Å². The third-order valence-electron chi connectivity index (χ3n) is 2.50. The lowest BCUT2D eigenvalue weighted by Gasteiger charge is -2.21. The second kappa shape index (κ2) is 10.7. The Balaban J connectivity index is 3.25. The smallest absolute Gasteiger partial charge is 0.0704 e. The molecule has 0 rings (SSSR count). The van der Waals surface area contributed by atoms with Crippen LogP contribution < -0.4 is 5.32 Å². The van der Waals surface area contributed by atoms with Crippen molar-refractivity contribution < 1.29 is 14.2 Å². The zero-order valence-electron chi connectivity index (χ0n) is 12.8. The van der Waals surface area contributed by atoms with Crippen molar-refractivity contribution in [3.8, 4) is 0 Å². The minimum atomic E-state index is 0.208. The van der Waals surface area contributed by atoms with E-state index in [1.807, 2.05) is 0 Å². The first-order valence-corrected chi connectivity index (χ1v) is 6.89. The molecular formula is C14H31NO3. The highest BCUT2D eigenvalue weighted by atomic mass is 16.5. The van der Waals surface area contributed by atoms with Gasteiger partial charge in [0.2, 0.25) is 0 Å². The summed E-state index contributed by atoms with van der Waals surface area (Å²) in [5.74, 6) is 0. The number of hydrogen-bond acceptors (Lipinski definition) is 4. The molecule has 0 saturated carbocycles. The van der Waals surface area contributed by atoms with Crippen molar-refractivity contribution in [2.24, 2.45) is 0 Å². The van der Waals surface area contributed by atoms with Crippen LogP contribution in [-0.4, -0.2) is 51.7 Å². The molecule has 0 aliphatic rings. The second-order valence-electron chi connectivity index (χ2n) is 5.61. The van der Waals surface area contributed by atoms with Crippen molar-refractivity contribution in [2.75, 3.05) is 40.1 Å². The maximum Gasteiger partial charge on any atom is 0.0704 e. The van der Waals surface area contributed by atoms with Crippen molar-refractivity contribution >= 4 is 0 Å². The third kappa shape index (κ3) is 13.9. The molecule has 0 aliphatic heterocycles. The van der Waals surface area contributed by atoms with E-state index in [0.717, 1.165) is 19.4 Å². The van der Waals surface area contributed by atoms with Gasteiger partial charge in [-0.1, -0.05) is 0 Å². The first-order valence-electron chi connectivity index (χ1n) is 6.89. The van der Waals surface area contributed by atoms with Gasteiger partial charge >= 0.3 is 0 Å². The van der Waals surface area contributed by atoms with E-state index in [0.29, 0.717) is 32.5 Å². The molecule has 0 amide bonds. The van der Waals surface area contributed by atoms with Gasteiger partial charge in [-0.15, -0.1) is 0 Å². The Labute approximate surface area is 112 Å². The molecule has 0 aromatic rings. The van der Waals surface area contributed by atoms with E-state index in [-0.39, 0.29) is 5.54 Å². The van der Waals surface area contributed by atoms with Gasteiger partial charge in [-0.3, -0.25) is 0 Å². The fourth-order valence-electron chi connectivity index (χ4n) is 1.49. The topological polar surface area (TPSA) is 39.7 Å². The van der Waals surface area contributed by atoms with Crippen LogP contribution in [0.15, 0.2) is 0 Å². The van der Waals surface area contributed by atoms with Crippen LogP contribution in [0.3, 0.4) is 0 Å². The van der Waals surface area contributed by atoms with Crippen LogP contribution >= 0.6 is 0 Å². The molecule has 1 unspecified atom stereocenters. The second-order valence-corrected chi connectivity index (χ2v) is 5.61. The van der Waals surface area contributed by atoms with Gasteiger partial charge in [-0.25, -0.2) is 0 Å². The first-order chi connectivity index (χ1) is 8.45. The molecule has 0 aromatic carbocycles. The molecule has 110 valence electrons. The summed E-state index contributed by atoms with van der Waals surface area (Å²) in [6, 6.07) is 0. The van der Waals surface area contributed by atoms with Crippen molar-refractivity contribution in [2.45, 2.75) is 52.2 Å². The van der Waals surface area contributed by atoms with Gasteiger partial charge < -0.3 is 19.5 Å². The largest absolute Gasteiger partial charge is 0.382 e. The number of ether oxygens (including phenoxy) is 3. The van der Waals surface area contributed by atoms with Crippen LogP contribution in [0.4, 0.5) is 0 Å². The Morgan fingerprint density at radius 1 is 1.06 bits per heavy atom. The predicted molar refractivity (Wildman–Crippen MR) is 75.1 cm³/mol. The summed E-state index contributed by atoms with van der Waals surface area (Å²) in [5.41, 5.74) is 0.208. The highest BCUT2D eigenvalue weighted by Gasteiger charge is 2.08. The fourth-order valence-corrected chi connectivity index (χ4v) is 1.49. The minimum Gasteiger partial charge on any atom is -0.382 e. The standard InChI is InChI=1S/C14H31NO3/c1-13(7-6-8-15-14(2,3)4)18-12-11-17-10-9-16-5/h13,15H,6-12H2,1-5H3. The molecule has 4 nitrogen and oxygen atoms in total. The normalized spacial score (nSPS) is 13.8. The van der Waals surface area contributed by atoms with E-state index in [1.165, 1.54) is 0 Å². The summed E-state index contributed by atoms with van der Waals surface area (Å²) in [6.07, 6.45) is 2.53. The van der Waals surface area contributed by atoms with Gasteiger partial charge in [0, 0.05) is 12.6 Å². The number of methoxy groups -OCH3 is 1. The van der Waals surface area contributed by atoms with Crippen molar-refractivity contribution in [3.05, 3.63) is 0 Å². The summed E-state index contributed by atoms with van der Waals surface area (Å²) >= 11 is 0. The Bertz CT molecular complexity index is 180. The molecular weight excluding hydrogens is 230 g/mol. The molecule has 1 atom stereocenters. The third-order valence-corrected chi connectivity index (χ3v) is 2.50. The van der Waals surface area contributed by atoms with Gasteiger partial charge in [0.05, 0.1) is 32.5 Å². The molecule has 0 saturated heterocycles. The van der Waals surface area contributed by atoms with E-state index >= 15 is 0 Å². The quantitative estimate of drug-likeness (QED) is 0.579. The maximum atomic E-state index is 5.66. The molecule has 0 spiro atoms. The average Bonchev–Trinajstić information content (AvgIpc) is 2.28. The highest BCUT2D eigenvalue weighted by Crippen LogP contribution is 2.03. The van der Waals surface area contributed by atoms with Gasteiger partial charge in [0.1, 0.15) is 0 Å². The SMILES string of the molecule is COCCOCCOC(C)CCCNC(C)(C)C. The molecule has 4 heteroatoms. The maximum absolute atomic E-state index is 5.66. The van der Waals surface area contributed by atoms with E-state index in [2.05, 4.69) is 33.0 Å². The minimum absolute atomic E-state index is 0.208. The van der Waals surface area contributed by atoms with Crippen LogP contribution in [-0.2, 0) is 14.2 Å². The van der Waals surface area contributed by atoms with Crippen LogP contribution in [0, 0.1) is 0 Å². The van der Waals surface area contributed by atoms with Crippen LogP contribution in [0.2, 0.25) is 0 Å². The average molecular weight is 261 g/mol. The van der Waals surface area contributed by atoms with E-state index < -0.39 is 0 Å². The Kier molecular flexibility index (Phi) is 10.6. The van der Waals surface area contributed by atoms with Crippen LogP contribution in [0.5, 0.6) is 0 Å². The van der Waals surface area contributed by atoms with Crippen molar-refractivity contribution in [1.29, 1.82) is 0 Å². The first kappa shape index (κ1) is 17.8. The van der Waals surface area contributed by atoms with E-state index in [4.69, 9.17) is 14.2 Å². The summed E-state index contributed by atoms with van der Waals surface area (Å²) in [6.45, 7) is 12.3. The molecule has 1 N–H and O–H groups in total. The van der Waals surface area contributed by atoms with E-state index in [1.54, 1.807) is 7.11 Å². The summed E-state index contributed by atoms with van der Waals surface area (Å²) in [5, 5.41) is 3.47. The van der Waals surface area contributed by atoms with E-state index in [9.17, 15) is 0 Å².